The lowest BCUT2D eigenvalue weighted by atomic mass is 9.65. The largest absolute Gasteiger partial charge is 0.472 e. The van der Waals surface area contributed by atoms with E-state index in [1.165, 1.54) is 18.6 Å². The Balaban J connectivity index is 2.09. The van der Waals surface area contributed by atoms with Crippen LogP contribution in [0.2, 0.25) is 0 Å². The zero-order valence-electron chi connectivity index (χ0n) is 11.6. The second-order valence-electron chi connectivity index (χ2n) is 6.02. The maximum absolute atomic E-state index is 12.1. The lowest BCUT2D eigenvalue weighted by Gasteiger charge is -2.39. The first-order chi connectivity index (χ1) is 8.92. The van der Waals surface area contributed by atoms with Crippen LogP contribution in [0.1, 0.15) is 49.9 Å². The summed E-state index contributed by atoms with van der Waals surface area (Å²) in [5.74, 6) is -0.699. The summed E-state index contributed by atoms with van der Waals surface area (Å²) in [4.78, 5) is 24.1. The van der Waals surface area contributed by atoms with Gasteiger partial charge in [0, 0.05) is 6.42 Å². The summed E-state index contributed by atoms with van der Waals surface area (Å²) in [6, 6.07) is 1.53. The normalized spacial score (nSPS) is 22.2. The van der Waals surface area contributed by atoms with Crippen LogP contribution in [0.4, 0.5) is 0 Å². The Morgan fingerprint density at radius 3 is 2.79 bits per heavy atom. The summed E-state index contributed by atoms with van der Waals surface area (Å²) < 4.78 is 4.85. The molecular weight excluding hydrogens is 240 g/mol. The van der Waals surface area contributed by atoms with Crippen molar-refractivity contribution in [2.75, 3.05) is 0 Å². The van der Waals surface area contributed by atoms with Gasteiger partial charge < -0.3 is 4.42 Å². The quantitative estimate of drug-likeness (QED) is 0.470. The van der Waals surface area contributed by atoms with Crippen molar-refractivity contribution in [3.63, 3.8) is 0 Å². The number of hydrogen-bond acceptors (Lipinski definition) is 3. The minimum Gasteiger partial charge on any atom is -0.472 e. The van der Waals surface area contributed by atoms with Gasteiger partial charge in [-0.1, -0.05) is 26.0 Å². The van der Waals surface area contributed by atoms with Gasteiger partial charge in [-0.2, -0.15) is 0 Å². The van der Waals surface area contributed by atoms with Gasteiger partial charge >= 0.3 is 0 Å². The maximum Gasteiger partial charge on any atom is 0.231 e. The zero-order chi connectivity index (χ0) is 14.0. The summed E-state index contributed by atoms with van der Waals surface area (Å²) in [6.45, 7) is 8.39. The van der Waals surface area contributed by atoms with Gasteiger partial charge in [0.15, 0.2) is 0 Å². The molecule has 0 saturated heterocycles. The molecule has 3 nitrogen and oxygen atoms in total. The Morgan fingerprint density at radius 1 is 1.47 bits per heavy atom. The molecule has 3 heteroatoms. The summed E-state index contributed by atoms with van der Waals surface area (Å²) in [7, 11) is 0. The van der Waals surface area contributed by atoms with Crippen molar-refractivity contribution < 1.29 is 14.0 Å². The molecule has 102 valence electrons. The Morgan fingerprint density at radius 2 is 2.21 bits per heavy atom. The van der Waals surface area contributed by atoms with Crippen LogP contribution in [0.15, 0.2) is 35.2 Å². The molecule has 1 heterocycles. The molecule has 1 aromatic heterocycles. The number of rotatable bonds is 4. The fraction of sp³-hybridized carbons (Fsp3) is 0.500. The second kappa shape index (κ2) is 5.16. The van der Waals surface area contributed by atoms with Crippen LogP contribution in [0, 0.1) is 11.3 Å². The van der Waals surface area contributed by atoms with E-state index in [-0.39, 0.29) is 23.5 Å². The minimum absolute atomic E-state index is 0.0433. The number of carbonyl (C=O) groups is 2. The highest BCUT2D eigenvalue weighted by molar-refractivity contribution is 6.43. The molecule has 0 N–H and O–H groups in total. The lowest BCUT2D eigenvalue weighted by Crippen LogP contribution is -2.32. The van der Waals surface area contributed by atoms with E-state index < -0.39 is 5.78 Å². The van der Waals surface area contributed by atoms with E-state index >= 15 is 0 Å². The van der Waals surface area contributed by atoms with E-state index in [1.54, 1.807) is 0 Å². The highest BCUT2D eigenvalue weighted by Crippen LogP contribution is 2.44. The van der Waals surface area contributed by atoms with Crippen molar-refractivity contribution in [2.24, 2.45) is 11.3 Å². The number of Topliss-reactive ketones (excluding diaryl/α,β-unsaturated/α-hetero) is 2. The van der Waals surface area contributed by atoms with Gasteiger partial charge in [-0.3, -0.25) is 9.59 Å². The summed E-state index contributed by atoms with van der Waals surface area (Å²) >= 11 is 0. The molecule has 0 bridgehead atoms. The molecule has 0 aliphatic heterocycles. The first kappa shape index (κ1) is 13.8. The van der Waals surface area contributed by atoms with Gasteiger partial charge in [0.2, 0.25) is 11.6 Å². The minimum atomic E-state index is -0.456. The van der Waals surface area contributed by atoms with Crippen molar-refractivity contribution in [2.45, 2.75) is 39.5 Å². The maximum atomic E-state index is 12.1. The average molecular weight is 260 g/mol. The number of ketones is 2. The van der Waals surface area contributed by atoms with Gasteiger partial charge in [-0.15, -0.1) is 0 Å². The van der Waals surface area contributed by atoms with E-state index in [0.717, 1.165) is 24.8 Å². The van der Waals surface area contributed by atoms with Gasteiger partial charge in [0.25, 0.3) is 0 Å². The number of carbonyl (C=O) groups excluding carboxylic acids is 2. The van der Waals surface area contributed by atoms with Gasteiger partial charge in [0.1, 0.15) is 6.26 Å². The standard InChI is InChI=1S/C16H20O3/c1-11-5-4-7-16(2,3)13(11)9-14(17)15(18)12-6-8-19-10-12/h6,8,10,13H,1,4-5,7,9H2,2-3H3. The molecule has 0 amide bonds. The molecule has 2 rings (SSSR count). The van der Waals surface area contributed by atoms with Crippen LogP contribution in [-0.4, -0.2) is 11.6 Å². The zero-order valence-corrected chi connectivity index (χ0v) is 11.6. The first-order valence-electron chi connectivity index (χ1n) is 6.69. The molecule has 1 unspecified atom stereocenters. The highest BCUT2D eigenvalue weighted by atomic mass is 16.3. The molecule has 0 aromatic carbocycles. The third-order valence-electron chi connectivity index (χ3n) is 4.18. The molecule has 1 aromatic rings. The predicted molar refractivity (Wildman–Crippen MR) is 72.9 cm³/mol. The lowest BCUT2D eigenvalue weighted by molar-refractivity contribution is -0.116. The average Bonchev–Trinajstić information content (AvgIpc) is 2.86. The molecule has 1 aliphatic carbocycles. The Kier molecular flexibility index (Phi) is 3.74. The molecule has 1 atom stereocenters. The number of hydrogen-bond donors (Lipinski definition) is 0. The van der Waals surface area contributed by atoms with E-state index in [2.05, 4.69) is 20.4 Å². The number of furan rings is 1. The van der Waals surface area contributed by atoms with Crippen LogP contribution in [0.3, 0.4) is 0 Å². The molecule has 1 saturated carbocycles. The second-order valence-corrected chi connectivity index (χ2v) is 6.02. The summed E-state index contributed by atoms with van der Waals surface area (Å²) in [6.07, 6.45) is 6.14. The van der Waals surface area contributed by atoms with Crippen molar-refractivity contribution >= 4 is 11.6 Å². The fourth-order valence-electron chi connectivity index (χ4n) is 2.93. The topological polar surface area (TPSA) is 47.3 Å². The van der Waals surface area contributed by atoms with Crippen LogP contribution < -0.4 is 0 Å². The first-order valence-corrected chi connectivity index (χ1v) is 6.69. The molecule has 1 aliphatic rings. The summed E-state index contributed by atoms with van der Waals surface area (Å²) in [5, 5.41) is 0. The smallest absolute Gasteiger partial charge is 0.231 e. The van der Waals surface area contributed by atoms with Crippen LogP contribution in [0.25, 0.3) is 0 Å². The molecule has 0 spiro atoms. The Hall–Kier alpha value is -1.64. The molecule has 0 radical (unpaired) electrons. The third-order valence-corrected chi connectivity index (χ3v) is 4.18. The van der Waals surface area contributed by atoms with Gasteiger partial charge in [-0.25, -0.2) is 0 Å². The van der Waals surface area contributed by atoms with E-state index in [0.29, 0.717) is 5.56 Å². The van der Waals surface area contributed by atoms with Crippen LogP contribution >= 0.6 is 0 Å². The molecule has 19 heavy (non-hydrogen) atoms. The molecule has 1 fully saturated rings. The predicted octanol–water partition coefficient (Wildman–Crippen LogP) is 3.80. The van der Waals surface area contributed by atoms with Crippen LogP contribution in [-0.2, 0) is 4.79 Å². The monoisotopic (exact) mass is 260 g/mol. The van der Waals surface area contributed by atoms with E-state index in [1.807, 2.05) is 0 Å². The third kappa shape index (κ3) is 2.86. The Labute approximate surface area is 113 Å². The van der Waals surface area contributed by atoms with Crippen LogP contribution in [0.5, 0.6) is 0 Å². The van der Waals surface area contributed by atoms with Crippen molar-refractivity contribution in [3.05, 3.63) is 36.3 Å². The SMILES string of the molecule is C=C1CCCC(C)(C)C1CC(=O)C(=O)c1ccoc1. The van der Waals surface area contributed by atoms with E-state index in [4.69, 9.17) is 4.42 Å². The summed E-state index contributed by atoms with van der Waals surface area (Å²) in [5.41, 5.74) is 1.48. The Bertz CT molecular complexity index is 494. The number of allylic oxidation sites excluding steroid dienone is 1. The van der Waals surface area contributed by atoms with E-state index in [9.17, 15) is 9.59 Å². The fourth-order valence-corrected chi connectivity index (χ4v) is 2.93. The van der Waals surface area contributed by atoms with Gasteiger partial charge in [-0.05, 0) is 36.7 Å². The van der Waals surface area contributed by atoms with Crippen molar-refractivity contribution in [3.8, 4) is 0 Å². The van der Waals surface area contributed by atoms with Crippen molar-refractivity contribution in [1.29, 1.82) is 0 Å². The van der Waals surface area contributed by atoms with Crippen molar-refractivity contribution in [1.82, 2.24) is 0 Å². The van der Waals surface area contributed by atoms with Gasteiger partial charge in [0.05, 0.1) is 11.8 Å². The molecular formula is C16H20O3. The highest BCUT2D eigenvalue weighted by Gasteiger charge is 2.37.